The molecule has 1 saturated carbocycles. The van der Waals surface area contributed by atoms with Crippen LogP contribution >= 0.6 is 0 Å². The van der Waals surface area contributed by atoms with Crippen molar-refractivity contribution in [2.45, 2.75) is 44.6 Å². The zero-order valence-electron chi connectivity index (χ0n) is 7.26. The molecule has 1 rings (SSSR count). The van der Waals surface area contributed by atoms with E-state index in [-0.39, 0.29) is 0 Å². The van der Waals surface area contributed by atoms with Crippen LogP contribution < -0.4 is 11.5 Å². The lowest BCUT2D eigenvalue weighted by Gasteiger charge is -2.26. The minimum atomic E-state index is 0.478. The molecule has 2 atom stereocenters. The van der Waals surface area contributed by atoms with Crippen LogP contribution in [0.15, 0.2) is 0 Å². The fourth-order valence-corrected chi connectivity index (χ4v) is 2.00. The van der Waals surface area contributed by atoms with E-state index in [1.165, 1.54) is 38.5 Å². The Hall–Kier alpha value is -0.0800. The molecular weight excluding hydrogens is 136 g/mol. The van der Waals surface area contributed by atoms with Gasteiger partial charge in [-0.2, -0.15) is 0 Å². The highest BCUT2D eigenvalue weighted by Gasteiger charge is 2.17. The lowest BCUT2D eigenvalue weighted by Crippen LogP contribution is -2.28. The number of hydrogen-bond acceptors (Lipinski definition) is 2. The van der Waals surface area contributed by atoms with Crippen LogP contribution in [0.3, 0.4) is 0 Å². The SMILES string of the molecule is NCCCC1CCCC(N)C1. The van der Waals surface area contributed by atoms with Gasteiger partial charge in [0.15, 0.2) is 0 Å². The Morgan fingerprint density at radius 1 is 1.27 bits per heavy atom. The number of hydrogen-bond donors (Lipinski definition) is 2. The van der Waals surface area contributed by atoms with Crippen molar-refractivity contribution in [1.29, 1.82) is 0 Å². The molecule has 1 fully saturated rings. The van der Waals surface area contributed by atoms with E-state index in [2.05, 4.69) is 0 Å². The van der Waals surface area contributed by atoms with Crippen LogP contribution in [0.25, 0.3) is 0 Å². The molecule has 0 heterocycles. The molecule has 0 saturated heterocycles. The molecular formula is C9H20N2. The van der Waals surface area contributed by atoms with E-state index < -0.39 is 0 Å². The summed E-state index contributed by atoms with van der Waals surface area (Å²) in [6.45, 7) is 0.839. The second kappa shape index (κ2) is 4.73. The first kappa shape index (κ1) is 9.01. The Balaban J connectivity index is 2.12. The highest BCUT2D eigenvalue weighted by atomic mass is 14.6. The smallest absolute Gasteiger partial charge is 0.00414 e. The summed E-state index contributed by atoms with van der Waals surface area (Å²) in [5.74, 6) is 0.877. The molecule has 1 aliphatic rings. The summed E-state index contributed by atoms with van der Waals surface area (Å²) in [5.41, 5.74) is 11.3. The van der Waals surface area contributed by atoms with Gasteiger partial charge < -0.3 is 11.5 Å². The summed E-state index contributed by atoms with van der Waals surface area (Å²) in [6.07, 6.45) is 7.66. The van der Waals surface area contributed by atoms with Crippen LogP contribution in [0.4, 0.5) is 0 Å². The second-order valence-corrected chi connectivity index (χ2v) is 3.72. The largest absolute Gasteiger partial charge is 0.330 e. The number of nitrogens with two attached hydrogens (primary N) is 2. The normalized spacial score (nSPS) is 32.2. The van der Waals surface area contributed by atoms with Crippen molar-refractivity contribution in [2.24, 2.45) is 17.4 Å². The predicted molar refractivity (Wildman–Crippen MR) is 48.2 cm³/mol. The maximum absolute atomic E-state index is 5.87. The summed E-state index contributed by atoms with van der Waals surface area (Å²) in [5, 5.41) is 0. The molecule has 11 heavy (non-hydrogen) atoms. The maximum Gasteiger partial charge on any atom is 0.00414 e. The van der Waals surface area contributed by atoms with Crippen molar-refractivity contribution in [1.82, 2.24) is 0 Å². The fraction of sp³-hybridized carbons (Fsp3) is 1.00. The van der Waals surface area contributed by atoms with Gasteiger partial charge in [0, 0.05) is 6.04 Å². The standard InChI is InChI=1S/C9H20N2/c10-6-2-4-8-3-1-5-9(11)7-8/h8-9H,1-7,10-11H2. The lowest BCUT2D eigenvalue weighted by atomic mass is 9.83. The van der Waals surface area contributed by atoms with Crippen LogP contribution in [0.1, 0.15) is 38.5 Å². The summed E-state index contributed by atoms with van der Waals surface area (Å²) in [7, 11) is 0. The van der Waals surface area contributed by atoms with Crippen LogP contribution in [0, 0.1) is 5.92 Å². The lowest BCUT2D eigenvalue weighted by molar-refractivity contribution is 0.303. The van der Waals surface area contributed by atoms with Gasteiger partial charge in [0.05, 0.1) is 0 Å². The van der Waals surface area contributed by atoms with Gasteiger partial charge in [-0.25, -0.2) is 0 Å². The van der Waals surface area contributed by atoms with Crippen LogP contribution in [-0.2, 0) is 0 Å². The average molecular weight is 156 g/mol. The van der Waals surface area contributed by atoms with Crippen molar-refractivity contribution in [3.63, 3.8) is 0 Å². The third kappa shape index (κ3) is 3.21. The third-order valence-electron chi connectivity index (χ3n) is 2.64. The monoisotopic (exact) mass is 156 g/mol. The van der Waals surface area contributed by atoms with Crippen LogP contribution in [0.2, 0.25) is 0 Å². The molecule has 0 spiro atoms. The summed E-state index contributed by atoms with van der Waals surface area (Å²) < 4.78 is 0. The first-order chi connectivity index (χ1) is 5.33. The van der Waals surface area contributed by atoms with E-state index in [4.69, 9.17) is 11.5 Å². The molecule has 0 bridgehead atoms. The minimum absolute atomic E-state index is 0.478. The highest BCUT2D eigenvalue weighted by molar-refractivity contribution is 4.74. The maximum atomic E-state index is 5.87. The van der Waals surface area contributed by atoms with E-state index in [0.717, 1.165) is 12.5 Å². The molecule has 0 amide bonds. The molecule has 2 unspecified atom stereocenters. The molecule has 2 heteroatoms. The Morgan fingerprint density at radius 2 is 2.09 bits per heavy atom. The van der Waals surface area contributed by atoms with Crippen LogP contribution in [-0.4, -0.2) is 12.6 Å². The van der Waals surface area contributed by atoms with E-state index in [1.807, 2.05) is 0 Å². The molecule has 0 aliphatic heterocycles. The molecule has 0 aromatic carbocycles. The Labute approximate surface area is 69.3 Å². The van der Waals surface area contributed by atoms with Gasteiger partial charge in [-0.05, 0) is 38.1 Å². The Kier molecular flexibility index (Phi) is 3.87. The first-order valence-corrected chi connectivity index (χ1v) is 4.78. The molecule has 4 N–H and O–H groups in total. The first-order valence-electron chi connectivity index (χ1n) is 4.78. The molecule has 0 aromatic rings. The number of rotatable bonds is 3. The second-order valence-electron chi connectivity index (χ2n) is 3.72. The summed E-state index contributed by atoms with van der Waals surface area (Å²) >= 11 is 0. The van der Waals surface area contributed by atoms with E-state index in [0.29, 0.717) is 6.04 Å². The van der Waals surface area contributed by atoms with Gasteiger partial charge in [0.25, 0.3) is 0 Å². The Bertz CT molecular complexity index is 104. The van der Waals surface area contributed by atoms with Crippen molar-refractivity contribution >= 4 is 0 Å². The highest BCUT2D eigenvalue weighted by Crippen LogP contribution is 2.26. The van der Waals surface area contributed by atoms with Gasteiger partial charge in [0.2, 0.25) is 0 Å². The molecule has 0 radical (unpaired) electrons. The van der Waals surface area contributed by atoms with Crippen molar-refractivity contribution in [3.8, 4) is 0 Å². The van der Waals surface area contributed by atoms with Crippen molar-refractivity contribution < 1.29 is 0 Å². The minimum Gasteiger partial charge on any atom is -0.330 e. The Morgan fingerprint density at radius 3 is 2.73 bits per heavy atom. The topological polar surface area (TPSA) is 52.0 Å². The van der Waals surface area contributed by atoms with Gasteiger partial charge in [-0.1, -0.05) is 12.8 Å². The third-order valence-corrected chi connectivity index (χ3v) is 2.64. The molecule has 0 aromatic heterocycles. The van der Waals surface area contributed by atoms with Crippen molar-refractivity contribution in [2.75, 3.05) is 6.54 Å². The van der Waals surface area contributed by atoms with Gasteiger partial charge in [0.1, 0.15) is 0 Å². The predicted octanol–water partition coefficient (Wildman–Crippen LogP) is 1.24. The van der Waals surface area contributed by atoms with Gasteiger partial charge in [-0.3, -0.25) is 0 Å². The fourth-order valence-electron chi connectivity index (χ4n) is 2.00. The molecule has 66 valence electrons. The molecule has 1 aliphatic carbocycles. The summed E-state index contributed by atoms with van der Waals surface area (Å²) in [4.78, 5) is 0. The summed E-state index contributed by atoms with van der Waals surface area (Å²) in [6, 6.07) is 0.478. The van der Waals surface area contributed by atoms with E-state index in [1.54, 1.807) is 0 Å². The molecule has 2 nitrogen and oxygen atoms in total. The zero-order chi connectivity index (χ0) is 8.10. The van der Waals surface area contributed by atoms with Crippen molar-refractivity contribution in [3.05, 3.63) is 0 Å². The van der Waals surface area contributed by atoms with E-state index in [9.17, 15) is 0 Å². The van der Waals surface area contributed by atoms with E-state index >= 15 is 0 Å². The average Bonchev–Trinajstić information content (AvgIpc) is 2.01. The zero-order valence-corrected chi connectivity index (χ0v) is 7.26. The van der Waals surface area contributed by atoms with Gasteiger partial charge in [-0.15, -0.1) is 0 Å². The van der Waals surface area contributed by atoms with Crippen LogP contribution in [0.5, 0.6) is 0 Å². The van der Waals surface area contributed by atoms with Gasteiger partial charge >= 0.3 is 0 Å². The quantitative estimate of drug-likeness (QED) is 0.646.